The van der Waals surface area contributed by atoms with Crippen LogP contribution in [0.15, 0.2) is 30.3 Å². The first kappa shape index (κ1) is 25.4. The maximum absolute atomic E-state index is 11.8. The molecule has 0 aliphatic heterocycles. The minimum absolute atomic E-state index is 0.190. The Morgan fingerprint density at radius 2 is 1.68 bits per heavy atom. The molecule has 156 valence electrons. The molecule has 0 saturated heterocycles. The SMILES string of the molecule is COC(=O)C(Cc1ccccc1)NC(=O)C(N)CC(=O)O.N[C@@H](CS)C(=O)O. The second kappa shape index (κ2) is 13.5. The quantitative estimate of drug-likeness (QED) is 0.218. The van der Waals surface area contributed by atoms with Crippen LogP contribution in [-0.2, 0) is 30.3 Å². The first-order valence-corrected chi connectivity index (χ1v) is 8.74. The third kappa shape index (κ3) is 10.5. The van der Waals surface area contributed by atoms with Gasteiger partial charge < -0.3 is 31.7 Å². The van der Waals surface area contributed by atoms with Crippen molar-refractivity contribution >= 4 is 36.4 Å². The molecule has 1 rings (SSSR count). The zero-order valence-corrected chi connectivity index (χ0v) is 16.2. The van der Waals surface area contributed by atoms with E-state index in [9.17, 15) is 19.2 Å². The monoisotopic (exact) mass is 415 g/mol. The summed E-state index contributed by atoms with van der Waals surface area (Å²) in [5.41, 5.74) is 11.2. The lowest BCUT2D eigenvalue weighted by Gasteiger charge is -2.18. The summed E-state index contributed by atoms with van der Waals surface area (Å²) in [7, 11) is 1.21. The van der Waals surface area contributed by atoms with Gasteiger partial charge in [-0.2, -0.15) is 12.6 Å². The van der Waals surface area contributed by atoms with E-state index < -0.39 is 48.4 Å². The van der Waals surface area contributed by atoms with E-state index in [4.69, 9.17) is 21.7 Å². The minimum atomic E-state index is -1.22. The van der Waals surface area contributed by atoms with Crippen LogP contribution in [0.5, 0.6) is 0 Å². The van der Waals surface area contributed by atoms with Gasteiger partial charge in [0.1, 0.15) is 12.1 Å². The van der Waals surface area contributed by atoms with Crippen molar-refractivity contribution in [3.63, 3.8) is 0 Å². The molecule has 0 saturated carbocycles. The van der Waals surface area contributed by atoms with Crippen molar-refractivity contribution in [2.45, 2.75) is 31.0 Å². The summed E-state index contributed by atoms with van der Waals surface area (Å²) in [5.74, 6) is -3.32. The fourth-order valence-electron chi connectivity index (χ4n) is 1.82. The highest BCUT2D eigenvalue weighted by atomic mass is 32.1. The highest BCUT2D eigenvalue weighted by molar-refractivity contribution is 7.80. The van der Waals surface area contributed by atoms with Crippen LogP contribution in [0.4, 0.5) is 0 Å². The maximum atomic E-state index is 11.8. The van der Waals surface area contributed by atoms with Crippen LogP contribution >= 0.6 is 12.6 Å². The summed E-state index contributed by atoms with van der Waals surface area (Å²) in [6, 6.07) is 6.11. The van der Waals surface area contributed by atoms with E-state index in [0.717, 1.165) is 5.56 Å². The molecule has 1 aromatic rings. The molecule has 7 N–H and O–H groups in total. The number of benzene rings is 1. The number of rotatable bonds is 9. The molecular weight excluding hydrogens is 390 g/mol. The Labute approximate surface area is 167 Å². The fourth-order valence-corrected chi connectivity index (χ4v) is 1.98. The number of amides is 1. The number of carboxylic acids is 2. The van der Waals surface area contributed by atoms with Gasteiger partial charge in [-0.25, -0.2) is 4.79 Å². The van der Waals surface area contributed by atoms with Crippen LogP contribution in [0, 0.1) is 0 Å². The summed E-state index contributed by atoms with van der Waals surface area (Å²) in [6.07, 6.45) is -0.274. The van der Waals surface area contributed by atoms with Gasteiger partial charge in [0.15, 0.2) is 0 Å². The van der Waals surface area contributed by atoms with E-state index in [1.54, 1.807) is 12.1 Å². The topological polar surface area (TPSA) is 182 Å². The van der Waals surface area contributed by atoms with Crippen molar-refractivity contribution in [3.8, 4) is 0 Å². The number of methoxy groups -OCH3 is 1. The number of ether oxygens (including phenoxy) is 1. The Bertz CT molecular complexity index is 657. The summed E-state index contributed by atoms with van der Waals surface area (Å²) in [4.78, 5) is 43.8. The largest absolute Gasteiger partial charge is 0.481 e. The van der Waals surface area contributed by atoms with Gasteiger partial charge in [0, 0.05) is 12.2 Å². The molecule has 1 amide bonds. The average molecular weight is 415 g/mol. The van der Waals surface area contributed by atoms with E-state index in [2.05, 4.69) is 22.7 Å². The Morgan fingerprint density at radius 1 is 1.11 bits per heavy atom. The number of carbonyl (C=O) groups is 4. The van der Waals surface area contributed by atoms with Gasteiger partial charge in [-0.3, -0.25) is 14.4 Å². The minimum Gasteiger partial charge on any atom is -0.481 e. The predicted octanol–water partition coefficient (Wildman–Crippen LogP) is -0.983. The van der Waals surface area contributed by atoms with E-state index in [-0.39, 0.29) is 12.2 Å². The second-order valence-electron chi connectivity index (χ2n) is 5.61. The highest BCUT2D eigenvalue weighted by Crippen LogP contribution is 2.05. The Balaban J connectivity index is 0.000000887. The lowest BCUT2D eigenvalue weighted by Crippen LogP contribution is -2.50. The molecule has 0 fully saturated rings. The first-order chi connectivity index (χ1) is 13.1. The molecule has 10 nitrogen and oxygen atoms in total. The summed E-state index contributed by atoms with van der Waals surface area (Å²) >= 11 is 3.65. The van der Waals surface area contributed by atoms with Gasteiger partial charge in [-0.15, -0.1) is 0 Å². The number of carbonyl (C=O) groups excluding carboxylic acids is 2. The highest BCUT2D eigenvalue weighted by Gasteiger charge is 2.25. The van der Waals surface area contributed by atoms with E-state index >= 15 is 0 Å². The molecule has 0 spiro atoms. The number of hydrogen-bond donors (Lipinski definition) is 6. The number of esters is 1. The number of thiol groups is 1. The lowest BCUT2D eigenvalue weighted by molar-refractivity contribution is -0.145. The van der Waals surface area contributed by atoms with Gasteiger partial charge in [0.05, 0.1) is 19.6 Å². The van der Waals surface area contributed by atoms with Crippen molar-refractivity contribution in [1.29, 1.82) is 0 Å². The van der Waals surface area contributed by atoms with Crippen LogP contribution < -0.4 is 16.8 Å². The summed E-state index contributed by atoms with van der Waals surface area (Å²) in [6.45, 7) is 0. The van der Waals surface area contributed by atoms with E-state index in [1.165, 1.54) is 7.11 Å². The van der Waals surface area contributed by atoms with E-state index in [1.807, 2.05) is 18.2 Å². The number of carboxylic acid groups (broad SMARTS) is 2. The van der Waals surface area contributed by atoms with Crippen LogP contribution in [0.1, 0.15) is 12.0 Å². The predicted molar refractivity (Wildman–Crippen MR) is 104 cm³/mol. The molecule has 2 unspecified atom stereocenters. The molecule has 0 heterocycles. The van der Waals surface area contributed by atoms with Crippen LogP contribution in [0.25, 0.3) is 0 Å². The van der Waals surface area contributed by atoms with Crippen LogP contribution in [0.3, 0.4) is 0 Å². The second-order valence-corrected chi connectivity index (χ2v) is 5.97. The van der Waals surface area contributed by atoms with Gasteiger partial charge in [0.25, 0.3) is 0 Å². The zero-order chi connectivity index (χ0) is 21.7. The van der Waals surface area contributed by atoms with Crippen LogP contribution in [0.2, 0.25) is 0 Å². The molecule has 11 heteroatoms. The van der Waals surface area contributed by atoms with Crippen molar-refractivity contribution in [3.05, 3.63) is 35.9 Å². The number of hydrogen-bond acceptors (Lipinski definition) is 8. The molecular formula is C17H25N3O7S. The maximum Gasteiger partial charge on any atom is 0.328 e. The number of nitrogens with one attached hydrogen (secondary N) is 1. The Hall–Kier alpha value is -2.63. The third-order valence-corrected chi connectivity index (χ3v) is 3.72. The smallest absolute Gasteiger partial charge is 0.328 e. The summed E-state index contributed by atoms with van der Waals surface area (Å²) < 4.78 is 4.64. The van der Waals surface area contributed by atoms with Crippen molar-refractivity contribution < 1.29 is 34.1 Å². The van der Waals surface area contributed by atoms with Gasteiger partial charge in [0.2, 0.25) is 5.91 Å². The molecule has 0 radical (unpaired) electrons. The summed E-state index contributed by atoms with van der Waals surface area (Å²) in [5, 5.41) is 19.0. The van der Waals surface area contributed by atoms with Crippen molar-refractivity contribution in [1.82, 2.24) is 5.32 Å². The van der Waals surface area contributed by atoms with E-state index in [0.29, 0.717) is 0 Å². The molecule has 1 aromatic carbocycles. The Kier molecular flexibility index (Phi) is 12.3. The molecule has 0 bridgehead atoms. The van der Waals surface area contributed by atoms with Crippen molar-refractivity contribution in [2.24, 2.45) is 11.5 Å². The average Bonchev–Trinajstić information content (AvgIpc) is 2.66. The standard InChI is InChI=1S/C14H18N2O5.C3H7NO2S/c1-21-14(20)11(7-9-5-3-2-4-6-9)16-13(19)10(15)8-12(17)18;4-2(1-7)3(5)6/h2-6,10-11H,7-8,15H2,1H3,(H,16,19)(H,17,18);2,7H,1,4H2,(H,5,6)/t;2-/m.0/s1. The molecule has 3 atom stereocenters. The van der Waals surface area contributed by atoms with Gasteiger partial charge in [-0.05, 0) is 5.56 Å². The number of nitrogens with two attached hydrogens (primary N) is 2. The molecule has 0 aromatic heterocycles. The van der Waals surface area contributed by atoms with Gasteiger partial charge >= 0.3 is 17.9 Å². The molecule has 0 aliphatic carbocycles. The van der Waals surface area contributed by atoms with Crippen molar-refractivity contribution in [2.75, 3.05) is 12.9 Å². The molecule has 28 heavy (non-hydrogen) atoms. The lowest BCUT2D eigenvalue weighted by atomic mass is 10.1. The molecule has 0 aliphatic rings. The fraction of sp³-hybridized carbons (Fsp3) is 0.412. The zero-order valence-electron chi connectivity index (χ0n) is 15.3. The first-order valence-electron chi connectivity index (χ1n) is 8.11. The van der Waals surface area contributed by atoms with Crippen LogP contribution in [-0.4, -0.2) is 65.0 Å². The third-order valence-electron chi connectivity index (χ3n) is 3.33. The Morgan fingerprint density at radius 3 is 2.07 bits per heavy atom. The normalized spacial score (nSPS) is 13.1. The van der Waals surface area contributed by atoms with Gasteiger partial charge in [-0.1, -0.05) is 30.3 Å². The number of aliphatic carboxylic acids is 2.